The molecular weight excluding hydrogens is 795 g/mol. The summed E-state index contributed by atoms with van der Waals surface area (Å²) in [6, 6.07) is 88.1. The van der Waals surface area contributed by atoms with E-state index in [2.05, 4.69) is 241 Å². The molecule has 0 saturated heterocycles. The molecule has 0 amide bonds. The number of fused-ring (bicyclic) bond motifs is 12. The predicted molar refractivity (Wildman–Crippen MR) is 281 cm³/mol. The fourth-order valence-corrected chi connectivity index (χ4v) is 11.2. The van der Waals surface area contributed by atoms with Crippen LogP contribution in [0.5, 0.6) is 0 Å². The van der Waals surface area contributed by atoms with E-state index < -0.39 is 0 Å². The second kappa shape index (κ2) is 14.5. The maximum atomic E-state index is 2.50. The van der Waals surface area contributed by atoms with Gasteiger partial charge in [0.05, 0.1) is 11.0 Å². The minimum atomic E-state index is 0.907. The number of aromatic nitrogens is 1. The van der Waals surface area contributed by atoms with E-state index >= 15 is 0 Å². The molecule has 1 nitrogen and oxygen atoms in total. The molecule has 0 fully saturated rings. The second-order valence-corrected chi connectivity index (χ2v) is 18.0. The summed E-state index contributed by atoms with van der Waals surface area (Å²) in [5, 5.41) is 12.7. The standard InChI is InChI=1S/C65H41N/c1-2-12-41(13-3-1)42-22-24-43(25-23-42)44-26-30-54-49(34-44)35-50-36-51(29-31-55(50)54)66-64-32-27-47(60-37-45-14-4-6-16-52(45)56-18-8-10-20-58(56)60)39-62(64)63-40-48(28-33-65(63)66)61-38-46-15-5-7-17-53(46)57-19-9-11-21-59(57)61/h1-34,36-40H,35H2. The van der Waals surface area contributed by atoms with E-state index in [9.17, 15) is 0 Å². The van der Waals surface area contributed by atoms with Gasteiger partial charge in [-0.25, -0.2) is 0 Å². The molecule has 0 spiro atoms. The van der Waals surface area contributed by atoms with Crippen molar-refractivity contribution in [2.24, 2.45) is 0 Å². The van der Waals surface area contributed by atoms with Crippen molar-refractivity contribution >= 4 is 64.9 Å². The molecule has 0 radical (unpaired) electrons. The highest BCUT2D eigenvalue weighted by Gasteiger charge is 2.22. The van der Waals surface area contributed by atoms with Crippen molar-refractivity contribution < 1.29 is 0 Å². The summed E-state index contributed by atoms with van der Waals surface area (Å²) in [6.45, 7) is 0. The lowest BCUT2D eigenvalue weighted by Gasteiger charge is -2.13. The molecule has 0 atom stereocenters. The molecule has 0 N–H and O–H groups in total. The summed E-state index contributed by atoms with van der Waals surface area (Å²) < 4.78 is 2.50. The van der Waals surface area contributed by atoms with Gasteiger partial charge in [0.2, 0.25) is 0 Å². The first-order chi connectivity index (χ1) is 32.7. The van der Waals surface area contributed by atoms with Crippen LogP contribution in [0.1, 0.15) is 11.1 Å². The van der Waals surface area contributed by atoms with E-state index in [0.29, 0.717) is 0 Å². The van der Waals surface area contributed by atoms with Crippen molar-refractivity contribution in [3.8, 4) is 61.3 Å². The quantitative estimate of drug-likeness (QED) is 0.152. The smallest absolute Gasteiger partial charge is 0.0541 e. The van der Waals surface area contributed by atoms with E-state index in [1.165, 1.54) is 137 Å². The van der Waals surface area contributed by atoms with E-state index in [1.54, 1.807) is 0 Å². The average molecular weight is 836 g/mol. The Bertz CT molecular complexity index is 3940. The maximum Gasteiger partial charge on any atom is 0.0541 e. The lowest BCUT2D eigenvalue weighted by molar-refractivity contribution is 1.16. The van der Waals surface area contributed by atoms with Crippen LogP contribution in [0, 0.1) is 0 Å². The van der Waals surface area contributed by atoms with Crippen molar-refractivity contribution in [1.29, 1.82) is 0 Å². The van der Waals surface area contributed by atoms with Crippen LogP contribution in [0.2, 0.25) is 0 Å². The normalized spacial score (nSPS) is 12.2. The molecule has 1 aromatic heterocycles. The maximum absolute atomic E-state index is 2.50. The fourth-order valence-electron chi connectivity index (χ4n) is 11.2. The molecular formula is C65H41N. The van der Waals surface area contributed by atoms with Crippen LogP contribution in [0.25, 0.3) is 126 Å². The Kier molecular flexibility index (Phi) is 8.11. The van der Waals surface area contributed by atoms with Gasteiger partial charge in [-0.2, -0.15) is 0 Å². The Morgan fingerprint density at radius 1 is 0.242 bits per heavy atom. The lowest BCUT2D eigenvalue weighted by atomic mass is 9.92. The minimum Gasteiger partial charge on any atom is -0.309 e. The Labute approximate surface area is 383 Å². The molecule has 13 aromatic rings. The largest absolute Gasteiger partial charge is 0.309 e. The lowest BCUT2D eigenvalue weighted by Crippen LogP contribution is -1.95. The highest BCUT2D eigenvalue weighted by molar-refractivity contribution is 6.18. The molecule has 1 heteroatoms. The molecule has 0 bridgehead atoms. The van der Waals surface area contributed by atoms with Crippen molar-refractivity contribution in [2.45, 2.75) is 6.42 Å². The van der Waals surface area contributed by atoms with Crippen molar-refractivity contribution in [1.82, 2.24) is 4.57 Å². The third-order valence-electron chi connectivity index (χ3n) is 14.4. The first-order valence-corrected chi connectivity index (χ1v) is 23.0. The van der Waals surface area contributed by atoms with Crippen LogP contribution < -0.4 is 0 Å². The van der Waals surface area contributed by atoms with E-state index in [4.69, 9.17) is 0 Å². The van der Waals surface area contributed by atoms with Gasteiger partial charge in [0.25, 0.3) is 0 Å². The summed E-state index contributed by atoms with van der Waals surface area (Å²) in [5.41, 5.74) is 18.9. The summed E-state index contributed by atoms with van der Waals surface area (Å²) >= 11 is 0. The Morgan fingerprint density at radius 3 is 1.24 bits per heavy atom. The van der Waals surface area contributed by atoms with Gasteiger partial charge in [0, 0.05) is 16.5 Å². The number of hydrogen-bond donors (Lipinski definition) is 0. The van der Waals surface area contributed by atoms with Gasteiger partial charge in [0.1, 0.15) is 0 Å². The summed E-state index contributed by atoms with van der Waals surface area (Å²) in [4.78, 5) is 0. The van der Waals surface area contributed by atoms with Crippen molar-refractivity contribution in [2.75, 3.05) is 0 Å². The minimum absolute atomic E-state index is 0.907. The molecule has 0 aliphatic heterocycles. The van der Waals surface area contributed by atoms with Crippen LogP contribution in [-0.4, -0.2) is 4.57 Å². The highest BCUT2D eigenvalue weighted by atomic mass is 15.0. The fraction of sp³-hybridized carbons (Fsp3) is 0.0154. The third kappa shape index (κ3) is 5.73. The molecule has 1 aliphatic rings. The van der Waals surface area contributed by atoms with Crippen LogP contribution in [0.15, 0.2) is 237 Å². The zero-order valence-corrected chi connectivity index (χ0v) is 36.2. The molecule has 1 aliphatic carbocycles. The highest BCUT2D eigenvalue weighted by Crippen LogP contribution is 2.44. The molecule has 66 heavy (non-hydrogen) atoms. The Balaban J connectivity index is 0.925. The SMILES string of the molecule is c1ccc(-c2ccc(-c3ccc4c(c3)Cc3cc(-n5c6ccc(-c7cc8ccccc8c8ccccc78)cc6c6cc(-c7cc8ccccc8c8ccccc78)ccc65)ccc3-4)cc2)cc1. The molecule has 306 valence electrons. The van der Waals surface area contributed by atoms with Crippen molar-refractivity contribution in [3.63, 3.8) is 0 Å². The van der Waals surface area contributed by atoms with Crippen molar-refractivity contribution in [3.05, 3.63) is 248 Å². The van der Waals surface area contributed by atoms with Gasteiger partial charge in [-0.05, 0) is 165 Å². The molecule has 0 saturated carbocycles. The topological polar surface area (TPSA) is 4.93 Å². The second-order valence-electron chi connectivity index (χ2n) is 18.0. The number of rotatable bonds is 5. The van der Waals surface area contributed by atoms with Gasteiger partial charge < -0.3 is 4.57 Å². The molecule has 0 unspecified atom stereocenters. The van der Waals surface area contributed by atoms with Gasteiger partial charge in [-0.15, -0.1) is 0 Å². The summed E-state index contributed by atoms with van der Waals surface area (Å²) in [5.74, 6) is 0. The first-order valence-electron chi connectivity index (χ1n) is 23.0. The number of benzene rings is 12. The third-order valence-corrected chi connectivity index (χ3v) is 14.4. The van der Waals surface area contributed by atoms with Gasteiger partial charge in [0.15, 0.2) is 0 Å². The van der Waals surface area contributed by atoms with Gasteiger partial charge in [-0.3, -0.25) is 0 Å². The molecule has 12 aromatic carbocycles. The Morgan fingerprint density at radius 2 is 0.667 bits per heavy atom. The average Bonchev–Trinajstić information content (AvgIpc) is 3.92. The number of hydrogen-bond acceptors (Lipinski definition) is 0. The predicted octanol–water partition coefficient (Wildman–Crippen LogP) is 17.6. The zero-order chi connectivity index (χ0) is 43.3. The first kappa shape index (κ1) is 36.9. The van der Waals surface area contributed by atoms with Gasteiger partial charge >= 0.3 is 0 Å². The monoisotopic (exact) mass is 835 g/mol. The van der Waals surface area contributed by atoms with E-state index in [-0.39, 0.29) is 0 Å². The van der Waals surface area contributed by atoms with E-state index in [0.717, 1.165) is 6.42 Å². The van der Waals surface area contributed by atoms with Crippen LogP contribution >= 0.6 is 0 Å². The zero-order valence-electron chi connectivity index (χ0n) is 36.2. The summed E-state index contributed by atoms with van der Waals surface area (Å²) in [6.07, 6.45) is 0.907. The Hall–Kier alpha value is -8.52. The number of nitrogens with zero attached hydrogens (tertiary/aromatic N) is 1. The van der Waals surface area contributed by atoms with Crippen LogP contribution in [-0.2, 0) is 6.42 Å². The molecule has 1 heterocycles. The van der Waals surface area contributed by atoms with E-state index in [1.807, 2.05) is 0 Å². The van der Waals surface area contributed by atoms with Crippen LogP contribution in [0.4, 0.5) is 0 Å². The van der Waals surface area contributed by atoms with Crippen LogP contribution in [0.3, 0.4) is 0 Å². The molecule has 14 rings (SSSR count). The summed E-state index contributed by atoms with van der Waals surface area (Å²) in [7, 11) is 0. The van der Waals surface area contributed by atoms with Gasteiger partial charge in [-0.1, -0.05) is 188 Å².